The van der Waals surface area contributed by atoms with Crippen molar-refractivity contribution in [3.05, 3.63) is 75.8 Å². The minimum Gasteiger partial charge on any atom is -0.374 e. The minimum atomic E-state index is -0.404. The van der Waals surface area contributed by atoms with Gasteiger partial charge in [-0.15, -0.1) is 0 Å². The van der Waals surface area contributed by atoms with E-state index in [1.54, 1.807) is 17.7 Å². The number of nitrogens with one attached hydrogen (secondary N) is 3. The molecule has 1 aromatic carbocycles. The first-order valence-corrected chi connectivity index (χ1v) is 17.1. The standard InChI is InChI=1S/C36H41N9O4/c1-22-28-20-38-36(42-33(28)45(26-8-3-4-9-26)35(49)32(22)23(2)46)40-30-12-10-27(19-37-30)44-16-14-43(15-17-44)21-24-6-5-7-25(18-24)39-29-11-13-31(47)41-34(29)48/h5-7,10,12,18-20,26,29,39H,3-4,8-9,11,13-17,21H2,1-2H3,(H,41,47,48)(H,37,38,40,42). The number of carbonyl (C=O) groups excluding carboxylic acids is 3. The van der Waals surface area contributed by atoms with Gasteiger partial charge in [0.25, 0.3) is 5.56 Å². The molecular formula is C36H41N9O4. The van der Waals surface area contributed by atoms with Crippen LogP contribution in [-0.4, -0.2) is 74.2 Å². The van der Waals surface area contributed by atoms with Crippen molar-refractivity contribution in [2.45, 2.75) is 71.0 Å². The lowest BCUT2D eigenvalue weighted by Gasteiger charge is -2.36. The Morgan fingerprint density at radius 3 is 2.49 bits per heavy atom. The third-order valence-corrected chi connectivity index (χ3v) is 9.89. The van der Waals surface area contributed by atoms with E-state index in [0.29, 0.717) is 41.2 Å². The summed E-state index contributed by atoms with van der Waals surface area (Å²) in [6.45, 7) is 7.53. The second-order valence-electron chi connectivity index (χ2n) is 13.2. The van der Waals surface area contributed by atoms with E-state index >= 15 is 0 Å². The van der Waals surface area contributed by atoms with E-state index in [1.807, 2.05) is 30.5 Å². The second kappa shape index (κ2) is 13.7. The topological polar surface area (TPSA) is 154 Å². The number of aryl methyl sites for hydroxylation is 1. The summed E-state index contributed by atoms with van der Waals surface area (Å²) in [7, 11) is 0. The molecule has 3 fully saturated rings. The molecule has 254 valence electrons. The summed E-state index contributed by atoms with van der Waals surface area (Å²) in [6.07, 6.45) is 8.24. The number of Topliss-reactive ketones (excluding diaryl/α,β-unsaturated/α-hetero) is 1. The Morgan fingerprint density at radius 1 is 0.980 bits per heavy atom. The SMILES string of the molecule is CC(=O)c1c(C)c2cnc(Nc3ccc(N4CCN(Cc5cccc(NC6CCC(=O)NC6=O)c5)CC4)cn3)nc2n(C2CCCC2)c1=O. The molecule has 1 unspecified atom stereocenters. The zero-order chi connectivity index (χ0) is 34.1. The van der Waals surface area contributed by atoms with Gasteiger partial charge in [-0.25, -0.2) is 9.97 Å². The summed E-state index contributed by atoms with van der Waals surface area (Å²) in [6, 6.07) is 11.7. The van der Waals surface area contributed by atoms with Crippen molar-refractivity contribution in [3.63, 3.8) is 0 Å². The number of hydrogen-bond donors (Lipinski definition) is 3. The van der Waals surface area contributed by atoms with Crippen LogP contribution in [0.4, 0.5) is 23.1 Å². The average molecular weight is 664 g/mol. The zero-order valence-electron chi connectivity index (χ0n) is 27.9. The van der Waals surface area contributed by atoms with Gasteiger partial charge in [-0.1, -0.05) is 25.0 Å². The number of piperidine rings is 1. The Kier molecular flexibility index (Phi) is 9.09. The molecule has 4 aromatic rings. The smallest absolute Gasteiger partial charge is 0.263 e. The van der Waals surface area contributed by atoms with Crippen LogP contribution >= 0.6 is 0 Å². The van der Waals surface area contributed by atoms with Crippen molar-refractivity contribution in [2.75, 3.05) is 41.7 Å². The van der Waals surface area contributed by atoms with Gasteiger partial charge in [0.1, 0.15) is 17.5 Å². The van der Waals surface area contributed by atoms with Gasteiger partial charge in [0, 0.05) is 62.5 Å². The number of imide groups is 1. The number of piperazine rings is 1. The summed E-state index contributed by atoms with van der Waals surface area (Å²) < 4.78 is 1.71. The molecule has 13 heteroatoms. The molecule has 3 aliphatic rings. The van der Waals surface area contributed by atoms with E-state index in [0.717, 1.165) is 75.3 Å². The number of anilines is 4. The molecule has 2 amide bonds. The minimum absolute atomic E-state index is 0.0153. The lowest BCUT2D eigenvalue weighted by Crippen LogP contribution is -2.47. The number of pyridine rings is 2. The quantitative estimate of drug-likeness (QED) is 0.175. The second-order valence-corrected chi connectivity index (χ2v) is 13.2. The van der Waals surface area contributed by atoms with E-state index in [2.05, 4.69) is 47.9 Å². The number of carbonyl (C=O) groups is 3. The van der Waals surface area contributed by atoms with Crippen molar-refractivity contribution in [3.8, 4) is 0 Å². The summed E-state index contributed by atoms with van der Waals surface area (Å²) in [5.41, 5.74) is 4.17. The zero-order valence-corrected chi connectivity index (χ0v) is 27.9. The highest BCUT2D eigenvalue weighted by Crippen LogP contribution is 2.32. The predicted molar refractivity (Wildman–Crippen MR) is 187 cm³/mol. The van der Waals surface area contributed by atoms with E-state index in [9.17, 15) is 19.2 Å². The first kappa shape index (κ1) is 32.4. The number of rotatable bonds is 9. The van der Waals surface area contributed by atoms with Gasteiger partial charge in [0.05, 0.1) is 17.4 Å². The third kappa shape index (κ3) is 6.89. The van der Waals surface area contributed by atoms with Crippen LogP contribution in [-0.2, 0) is 16.1 Å². The summed E-state index contributed by atoms with van der Waals surface area (Å²) in [4.78, 5) is 68.2. The van der Waals surface area contributed by atoms with Gasteiger partial charge in [0.2, 0.25) is 17.8 Å². The predicted octanol–water partition coefficient (Wildman–Crippen LogP) is 4.10. The molecule has 2 saturated heterocycles. The van der Waals surface area contributed by atoms with Gasteiger partial charge in [-0.05, 0) is 68.5 Å². The fourth-order valence-corrected chi connectivity index (χ4v) is 7.28. The lowest BCUT2D eigenvalue weighted by atomic mass is 10.0. The fourth-order valence-electron chi connectivity index (χ4n) is 7.28. The molecule has 0 radical (unpaired) electrons. The monoisotopic (exact) mass is 663 g/mol. The number of benzene rings is 1. The van der Waals surface area contributed by atoms with Crippen LogP contribution in [0.2, 0.25) is 0 Å². The third-order valence-electron chi connectivity index (χ3n) is 9.89. The summed E-state index contributed by atoms with van der Waals surface area (Å²) in [5.74, 6) is 0.210. The maximum absolute atomic E-state index is 13.5. The molecular weight excluding hydrogens is 622 g/mol. The van der Waals surface area contributed by atoms with Crippen molar-refractivity contribution in [1.29, 1.82) is 0 Å². The highest BCUT2D eigenvalue weighted by molar-refractivity contribution is 6.01. The molecule has 1 aliphatic carbocycles. The van der Waals surface area contributed by atoms with Gasteiger partial charge in [-0.3, -0.25) is 34.0 Å². The van der Waals surface area contributed by atoms with Crippen LogP contribution in [0.15, 0.2) is 53.6 Å². The number of amides is 2. The Bertz CT molecular complexity index is 1960. The van der Waals surface area contributed by atoms with Crippen LogP contribution in [0, 0.1) is 6.92 Å². The van der Waals surface area contributed by atoms with Crippen LogP contribution in [0.5, 0.6) is 0 Å². The molecule has 49 heavy (non-hydrogen) atoms. The molecule has 1 atom stereocenters. The number of aromatic nitrogens is 4. The van der Waals surface area contributed by atoms with Crippen LogP contribution < -0.4 is 26.4 Å². The first-order chi connectivity index (χ1) is 23.7. The molecule has 3 N–H and O–H groups in total. The molecule has 1 saturated carbocycles. The number of hydrogen-bond acceptors (Lipinski definition) is 11. The van der Waals surface area contributed by atoms with Crippen LogP contribution in [0.25, 0.3) is 11.0 Å². The van der Waals surface area contributed by atoms with Crippen molar-refractivity contribution in [1.82, 2.24) is 29.7 Å². The van der Waals surface area contributed by atoms with Crippen molar-refractivity contribution < 1.29 is 14.4 Å². The summed E-state index contributed by atoms with van der Waals surface area (Å²) >= 11 is 0. The molecule has 0 spiro atoms. The largest absolute Gasteiger partial charge is 0.374 e. The van der Waals surface area contributed by atoms with E-state index in [-0.39, 0.29) is 34.8 Å². The maximum Gasteiger partial charge on any atom is 0.263 e. The van der Waals surface area contributed by atoms with E-state index < -0.39 is 6.04 Å². The molecule has 0 bridgehead atoms. The highest BCUT2D eigenvalue weighted by Gasteiger charge is 2.27. The van der Waals surface area contributed by atoms with E-state index in [1.165, 1.54) is 6.92 Å². The number of nitrogens with zero attached hydrogens (tertiary/aromatic N) is 6. The average Bonchev–Trinajstić information content (AvgIpc) is 3.61. The highest BCUT2D eigenvalue weighted by atomic mass is 16.2. The van der Waals surface area contributed by atoms with Crippen LogP contribution in [0.3, 0.4) is 0 Å². The lowest BCUT2D eigenvalue weighted by molar-refractivity contribution is -0.133. The van der Waals surface area contributed by atoms with Crippen molar-refractivity contribution >= 4 is 51.8 Å². The number of fused-ring (bicyclic) bond motifs is 1. The Morgan fingerprint density at radius 2 is 1.78 bits per heavy atom. The van der Waals surface area contributed by atoms with Crippen LogP contribution in [0.1, 0.15) is 73.0 Å². The molecule has 2 aliphatic heterocycles. The summed E-state index contributed by atoms with van der Waals surface area (Å²) in [5, 5.41) is 9.59. The maximum atomic E-state index is 13.5. The number of ketones is 1. The Balaban J connectivity index is 0.980. The molecule has 3 aromatic heterocycles. The van der Waals surface area contributed by atoms with Crippen molar-refractivity contribution in [2.24, 2.45) is 0 Å². The van der Waals surface area contributed by atoms with Gasteiger partial charge < -0.3 is 15.5 Å². The Labute approximate surface area is 284 Å². The van der Waals surface area contributed by atoms with Gasteiger partial charge >= 0.3 is 0 Å². The van der Waals surface area contributed by atoms with E-state index in [4.69, 9.17) is 4.98 Å². The molecule has 13 nitrogen and oxygen atoms in total. The molecule has 5 heterocycles. The van der Waals surface area contributed by atoms with Gasteiger partial charge in [-0.2, -0.15) is 4.98 Å². The fraction of sp³-hybridized carbons (Fsp3) is 0.417. The Hall–Kier alpha value is -5.17. The normalized spacial score (nSPS) is 18.9. The van der Waals surface area contributed by atoms with Gasteiger partial charge in [0.15, 0.2) is 5.78 Å². The first-order valence-electron chi connectivity index (χ1n) is 17.1. The molecule has 7 rings (SSSR count).